The Hall–Kier alpha value is -0.860. The lowest BCUT2D eigenvalue weighted by Crippen LogP contribution is -2.25. The summed E-state index contributed by atoms with van der Waals surface area (Å²) in [7, 11) is 0. The van der Waals surface area contributed by atoms with Crippen molar-refractivity contribution in [2.75, 3.05) is 13.2 Å². The fourth-order valence-electron chi connectivity index (χ4n) is 0.625. The van der Waals surface area contributed by atoms with Crippen LogP contribution in [0.3, 0.4) is 0 Å². The zero-order chi connectivity index (χ0) is 5.98. The Balaban J connectivity index is 2.51. The zero-order valence-electron chi connectivity index (χ0n) is 4.79. The van der Waals surface area contributed by atoms with Crippen molar-refractivity contribution in [3.63, 3.8) is 0 Å². The highest BCUT2D eigenvalue weighted by Gasteiger charge is 2.11. The van der Waals surface area contributed by atoms with Gasteiger partial charge in [0.25, 0.3) is 5.91 Å². The van der Waals surface area contributed by atoms with E-state index in [4.69, 9.17) is 0 Å². The van der Waals surface area contributed by atoms with Crippen LogP contribution in [0.2, 0.25) is 0 Å². The number of nitrogens with zero attached hydrogens (tertiary/aromatic N) is 2. The van der Waals surface area contributed by atoms with Gasteiger partial charge in [0.15, 0.2) is 0 Å². The van der Waals surface area contributed by atoms with Crippen LogP contribution in [0.1, 0.15) is 6.92 Å². The first kappa shape index (κ1) is 5.28. The molecular weight excluding hydrogens is 104 g/mol. The summed E-state index contributed by atoms with van der Waals surface area (Å²) in [4.78, 5) is 16.0. The van der Waals surface area contributed by atoms with E-state index in [2.05, 4.69) is 4.99 Å². The van der Waals surface area contributed by atoms with Crippen LogP contribution in [0, 0.1) is 0 Å². The van der Waals surface area contributed by atoms with Crippen molar-refractivity contribution in [2.45, 2.75) is 6.92 Å². The largest absolute Gasteiger partial charge is 0.319 e. The van der Waals surface area contributed by atoms with Gasteiger partial charge < -0.3 is 4.90 Å². The van der Waals surface area contributed by atoms with E-state index in [9.17, 15) is 4.79 Å². The van der Waals surface area contributed by atoms with Gasteiger partial charge in [0.2, 0.25) is 0 Å². The molecule has 1 aliphatic rings. The van der Waals surface area contributed by atoms with Crippen molar-refractivity contribution in [2.24, 2.45) is 4.99 Å². The molecule has 0 saturated carbocycles. The number of rotatable bonds is 1. The monoisotopic (exact) mass is 112 g/mol. The SMILES string of the molecule is CCN1CN=CC1=O. The van der Waals surface area contributed by atoms with Gasteiger partial charge in [-0.1, -0.05) is 0 Å². The van der Waals surface area contributed by atoms with Crippen LogP contribution in [0.15, 0.2) is 4.99 Å². The topological polar surface area (TPSA) is 32.7 Å². The van der Waals surface area contributed by atoms with Crippen molar-refractivity contribution in [1.82, 2.24) is 4.90 Å². The minimum absolute atomic E-state index is 0.0347. The van der Waals surface area contributed by atoms with E-state index in [-0.39, 0.29) is 5.91 Å². The molecule has 0 aromatic rings. The van der Waals surface area contributed by atoms with Gasteiger partial charge in [0, 0.05) is 6.54 Å². The second-order valence-electron chi connectivity index (χ2n) is 1.65. The third kappa shape index (κ3) is 0.710. The van der Waals surface area contributed by atoms with E-state index in [1.54, 1.807) is 4.90 Å². The molecule has 1 heterocycles. The molecule has 1 amide bonds. The van der Waals surface area contributed by atoms with Crippen molar-refractivity contribution in [1.29, 1.82) is 0 Å². The van der Waals surface area contributed by atoms with E-state index >= 15 is 0 Å². The third-order valence-electron chi connectivity index (χ3n) is 1.15. The molecule has 0 aromatic carbocycles. The Kier molecular flexibility index (Phi) is 1.28. The van der Waals surface area contributed by atoms with Gasteiger partial charge in [-0.25, -0.2) is 0 Å². The summed E-state index contributed by atoms with van der Waals surface area (Å²) in [5.41, 5.74) is 0. The average molecular weight is 112 g/mol. The molecule has 3 heteroatoms. The number of hydrogen-bond acceptors (Lipinski definition) is 2. The van der Waals surface area contributed by atoms with E-state index in [0.29, 0.717) is 6.67 Å². The van der Waals surface area contributed by atoms with Crippen molar-refractivity contribution in [3.8, 4) is 0 Å². The molecular formula is C5H8N2O. The predicted molar refractivity (Wildman–Crippen MR) is 30.7 cm³/mol. The molecule has 3 nitrogen and oxygen atoms in total. The zero-order valence-corrected chi connectivity index (χ0v) is 4.79. The molecule has 1 aliphatic heterocycles. The highest BCUT2D eigenvalue weighted by molar-refractivity contribution is 6.27. The second kappa shape index (κ2) is 1.94. The molecule has 0 aliphatic carbocycles. The first-order chi connectivity index (χ1) is 3.84. The van der Waals surface area contributed by atoms with Crippen LogP contribution in [-0.4, -0.2) is 30.2 Å². The Morgan fingerprint density at radius 3 is 3.00 bits per heavy atom. The summed E-state index contributed by atoms with van der Waals surface area (Å²) in [6.07, 6.45) is 1.36. The molecule has 0 saturated heterocycles. The smallest absolute Gasteiger partial charge is 0.266 e. The molecule has 0 unspecified atom stereocenters. The number of carbonyl (C=O) groups excluding carboxylic acids is 1. The standard InChI is InChI=1S/C5H8N2O/c1-2-7-4-6-3-5(7)8/h3H,2,4H2,1H3. The number of aliphatic imine (C=N–C) groups is 1. The molecule has 1 rings (SSSR count). The molecule has 0 aromatic heterocycles. The Labute approximate surface area is 48.0 Å². The molecule has 0 radical (unpaired) electrons. The number of carbonyl (C=O) groups is 1. The van der Waals surface area contributed by atoms with Crippen LogP contribution in [0.5, 0.6) is 0 Å². The molecule has 0 atom stereocenters. The Morgan fingerprint density at radius 2 is 2.75 bits per heavy atom. The number of amides is 1. The molecule has 0 fully saturated rings. The third-order valence-corrected chi connectivity index (χ3v) is 1.15. The lowest BCUT2D eigenvalue weighted by molar-refractivity contribution is -0.122. The molecule has 8 heavy (non-hydrogen) atoms. The van der Waals surface area contributed by atoms with Crippen LogP contribution in [0.25, 0.3) is 0 Å². The molecule has 0 bridgehead atoms. The fourth-order valence-corrected chi connectivity index (χ4v) is 0.625. The lowest BCUT2D eigenvalue weighted by Gasteiger charge is -2.08. The molecule has 0 spiro atoms. The predicted octanol–water partition coefficient (Wildman–Crippen LogP) is -0.123. The summed E-state index contributed by atoms with van der Waals surface area (Å²) in [6, 6.07) is 0. The first-order valence-corrected chi connectivity index (χ1v) is 2.63. The van der Waals surface area contributed by atoms with Gasteiger partial charge in [-0.15, -0.1) is 0 Å². The second-order valence-corrected chi connectivity index (χ2v) is 1.65. The van der Waals surface area contributed by atoms with Gasteiger partial charge in [0.05, 0.1) is 6.21 Å². The van der Waals surface area contributed by atoms with Gasteiger partial charge >= 0.3 is 0 Å². The van der Waals surface area contributed by atoms with Crippen molar-refractivity contribution in [3.05, 3.63) is 0 Å². The van der Waals surface area contributed by atoms with Crippen LogP contribution < -0.4 is 0 Å². The summed E-state index contributed by atoms with van der Waals surface area (Å²) in [5.74, 6) is 0.0347. The first-order valence-electron chi connectivity index (χ1n) is 2.63. The van der Waals surface area contributed by atoms with E-state index in [1.165, 1.54) is 6.21 Å². The lowest BCUT2D eigenvalue weighted by atomic mass is 10.6. The van der Waals surface area contributed by atoms with Gasteiger partial charge in [0.1, 0.15) is 6.67 Å². The Morgan fingerprint density at radius 1 is 2.00 bits per heavy atom. The molecule has 0 N–H and O–H groups in total. The van der Waals surface area contributed by atoms with Crippen molar-refractivity contribution < 1.29 is 4.79 Å². The van der Waals surface area contributed by atoms with E-state index < -0.39 is 0 Å². The highest BCUT2D eigenvalue weighted by Crippen LogP contribution is 1.93. The van der Waals surface area contributed by atoms with Crippen molar-refractivity contribution >= 4 is 12.1 Å². The van der Waals surface area contributed by atoms with Gasteiger partial charge in [-0.3, -0.25) is 9.79 Å². The summed E-state index contributed by atoms with van der Waals surface area (Å²) < 4.78 is 0. The average Bonchev–Trinajstić information content (AvgIpc) is 2.14. The summed E-state index contributed by atoms with van der Waals surface area (Å²) in [6.45, 7) is 3.25. The minimum atomic E-state index is 0.0347. The van der Waals surface area contributed by atoms with Crippen LogP contribution >= 0.6 is 0 Å². The summed E-state index contributed by atoms with van der Waals surface area (Å²) >= 11 is 0. The highest BCUT2D eigenvalue weighted by atomic mass is 16.2. The normalized spacial score (nSPS) is 18.1. The molecule has 44 valence electrons. The Bertz CT molecular complexity index is 130. The minimum Gasteiger partial charge on any atom is -0.319 e. The maximum absolute atomic E-state index is 10.6. The van der Waals surface area contributed by atoms with E-state index in [0.717, 1.165) is 6.54 Å². The maximum atomic E-state index is 10.6. The van der Waals surface area contributed by atoms with Crippen LogP contribution in [0.4, 0.5) is 0 Å². The van der Waals surface area contributed by atoms with Crippen LogP contribution in [-0.2, 0) is 4.79 Å². The van der Waals surface area contributed by atoms with Gasteiger partial charge in [-0.05, 0) is 6.92 Å². The quantitative estimate of drug-likeness (QED) is 0.465. The van der Waals surface area contributed by atoms with Gasteiger partial charge in [-0.2, -0.15) is 0 Å². The fraction of sp³-hybridized carbons (Fsp3) is 0.600. The summed E-state index contributed by atoms with van der Waals surface area (Å²) in [5, 5.41) is 0. The number of hydrogen-bond donors (Lipinski definition) is 0. The maximum Gasteiger partial charge on any atom is 0.266 e. The van der Waals surface area contributed by atoms with E-state index in [1.807, 2.05) is 6.92 Å².